The first-order valence-corrected chi connectivity index (χ1v) is 5.16. The van der Waals surface area contributed by atoms with Gasteiger partial charge in [0, 0.05) is 11.7 Å². The van der Waals surface area contributed by atoms with E-state index in [4.69, 9.17) is 0 Å². The molecule has 0 aromatic heterocycles. The molecule has 0 saturated heterocycles. The average Bonchev–Trinajstić information content (AvgIpc) is 3.06. The summed E-state index contributed by atoms with van der Waals surface area (Å²) in [5.74, 6) is 0. The summed E-state index contributed by atoms with van der Waals surface area (Å²) in [4.78, 5) is 0. The van der Waals surface area contributed by atoms with Gasteiger partial charge in [-0.25, -0.2) is 0 Å². The molecule has 0 bridgehead atoms. The van der Waals surface area contributed by atoms with Crippen LogP contribution >= 0.6 is 0 Å². The summed E-state index contributed by atoms with van der Waals surface area (Å²) in [5, 5.41) is 3.40. The maximum Gasteiger partial charge on any atom is 0.0785 e. The lowest BCUT2D eigenvalue weighted by Gasteiger charge is -2.08. The molecule has 2 heteroatoms. The van der Waals surface area contributed by atoms with E-state index in [0.717, 1.165) is 5.70 Å². The summed E-state index contributed by atoms with van der Waals surface area (Å²) < 4.78 is 9.50. The van der Waals surface area contributed by atoms with Crippen LogP contribution in [0.4, 0.5) is 4.39 Å². The molecule has 0 unspecified atom stereocenters. The van der Waals surface area contributed by atoms with Gasteiger partial charge < -0.3 is 5.32 Å². The lowest BCUT2D eigenvalue weighted by atomic mass is 10.1. The fraction of sp³-hybridized carbons (Fsp3) is 0.385. The van der Waals surface area contributed by atoms with E-state index in [0.29, 0.717) is 13.2 Å². The second-order valence-electron chi connectivity index (χ2n) is 3.76. The molecule has 1 aromatic rings. The molecule has 15 heavy (non-hydrogen) atoms. The molecule has 1 nitrogen and oxygen atoms in total. The van der Waals surface area contributed by atoms with Crippen LogP contribution in [0.25, 0.3) is 5.70 Å². The van der Waals surface area contributed by atoms with Gasteiger partial charge in [0.1, 0.15) is 0 Å². The maximum absolute atomic E-state index is 9.50. The highest BCUT2D eigenvalue weighted by molar-refractivity contribution is 5.62. The van der Waals surface area contributed by atoms with Crippen LogP contribution in [-0.2, 0) is 0 Å². The van der Waals surface area contributed by atoms with Crippen molar-refractivity contribution in [2.45, 2.75) is 25.8 Å². The Hall–Kier alpha value is -1.31. The Bertz CT molecular complexity index is 312. The van der Waals surface area contributed by atoms with E-state index in [1.165, 1.54) is 24.0 Å². The van der Waals surface area contributed by atoms with E-state index in [-0.39, 0.29) is 0 Å². The van der Waals surface area contributed by atoms with Gasteiger partial charge in [-0.2, -0.15) is 0 Å². The van der Waals surface area contributed by atoms with Gasteiger partial charge in [0.05, 0.1) is 7.18 Å². The second kappa shape index (κ2) is 5.54. The van der Waals surface area contributed by atoms with Crippen molar-refractivity contribution in [2.24, 2.45) is 0 Å². The van der Waals surface area contributed by atoms with Gasteiger partial charge >= 0.3 is 0 Å². The third-order valence-electron chi connectivity index (χ3n) is 2.36. The Morgan fingerprint density at radius 3 is 2.27 bits per heavy atom. The van der Waals surface area contributed by atoms with Crippen LogP contribution in [0, 0.1) is 6.92 Å². The van der Waals surface area contributed by atoms with E-state index >= 15 is 0 Å². The quantitative estimate of drug-likeness (QED) is 0.801. The Morgan fingerprint density at radius 2 is 1.80 bits per heavy atom. The SMILES string of the molecule is C=C(NC1CC1)c1ccc(C)cc1.CF. The van der Waals surface area contributed by atoms with Crippen LogP contribution in [0.5, 0.6) is 0 Å². The Balaban J connectivity index is 0.000000531. The monoisotopic (exact) mass is 207 g/mol. The zero-order valence-corrected chi connectivity index (χ0v) is 9.39. The summed E-state index contributed by atoms with van der Waals surface area (Å²) in [5.41, 5.74) is 3.56. The van der Waals surface area contributed by atoms with Crippen LogP contribution in [0.1, 0.15) is 24.0 Å². The van der Waals surface area contributed by atoms with Gasteiger partial charge in [0.15, 0.2) is 0 Å². The van der Waals surface area contributed by atoms with Crippen molar-refractivity contribution in [3.63, 3.8) is 0 Å². The smallest absolute Gasteiger partial charge is 0.0785 e. The third kappa shape index (κ3) is 3.74. The molecule has 0 spiro atoms. The van der Waals surface area contributed by atoms with Crippen molar-refractivity contribution in [3.05, 3.63) is 42.0 Å². The van der Waals surface area contributed by atoms with Gasteiger partial charge in [0.2, 0.25) is 0 Å². The van der Waals surface area contributed by atoms with Crippen molar-refractivity contribution >= 4 is 5.70 Å². The summed E-state index contributed by atoms with van der Waals surface area (Å²) >= 11 is 0. The van der Waals surface area contributed by atoms with Gasteiger partial charge in [-0.3, -0.25) is 4.39 Å². The van der Waals surface area contributed by atoms with Crippen LogP contribution in [0.2, 0.25) is 0 Å². The minimum atomic E-state index is 0.500. The highest BCUT2D eigenvalue weighted by atomic mass is 19.1. The van der Waals surface area contributed by atoms with Crippen molar-refractivity contribution in [1.82, 2.24) is 5.32 Å². The van der Waals surface area contributed by atoms with E-state index < -0.39 is 0 Å². The fourth-order valence-corrected chi connectivity index (χ4v) is 1.31. The standard InChI is InChI=1S/C12H15N.CH3F/c1-9-3-5-11(6-4-9)10(2)13-12-7-8-12;1-2/h3-6,12-13H,2,7-8H2,1H3;1H3. The van der Waals surface area contributed by atoms with E-state index in [1.54, 1.807) is 0 Å². The van der Waals surface area contributed by atoms with Crippen molar-refractivity contribution in [3.8, 4) is 0 Å². The van der Waals surface area contributed by atoms with Gasteiger partial charge in [-0.15, -0.1) is 0 Å². The van der Waals surface area contributed by atoms with Gasteiger partial charge in [-0.1, -0.05) is 36.4 Å². The van der Waals surface area contributed by atoms with E-state index in [1.807, 2.05) is 0 Å². The molecular weight excluding hydrogens is 189 g/mol. The molecular formula is C13H18FN. The topological polar surface area (TPSA) is 12.0 Å². The van der Waals surface area contributed by atoms with Gasteiger partial charge in [-0.05, 0) is 25.3 Å². The van der Waals surface area contributed by atoms with E-state index in [9.17, 15) is 4.39 Å². The lowest BCUT2D eigenvalue weighted by Crippen LogP contribution is -2.13. The number of nitrogens with one attached hydrogen (secondary N) is 1. The van der Waals surface area contributed by atoms with Gasteiger partial charge in [0.25, 0.3) is 0 Å². The van der Waals surface area contributed by atoms with Crippen molar-refractivity contribution < 1.29 is 4.39 Å². The second-order valence-corrected chi connectivity index (χ2v) is 3.76. The molecule has 0 aliphatic heterocycles. The summed E-state index contributed by atoms with van der Waals surface area (Å²) in [6.07, 6.45) is 2.59. The number of alkyl halides is 1. The molecule has 1 aliphatic rings. The molecule has 82 valence electrons. The fourth-order valence-electron chi connectivity index (χ4n) is 1.31. The molecule has 0 radical (unpaired) electrons. The zero-order chi connectivity index (χ0) is 11.3. The highest BCUT2D eigenvalue weighted by Crippen LogP contribution is 2.22. The molecule has 0 heterocycles. The lowest BCUT2D eigenvalue weighted by molar-refractivity contribution is 0.636. The average molecular weight is 207 g/mol. The van der Waals surface area contributed by atoms with E-state index in [2.05, 4.69) is 43.1 Å². The minimum absolute atomic E-state index is 0.500. The van der Waals surface area contributed by atoms with Crippen LogP contribution in [-0.4, -0.2) is 13.2 Å². The predicted molar refractivity (Wildman–Crippen MR) is 63.4 cm³/mol. The normalized spacial score (nSPS) is 13.8. The highest BCUT2D eigenvalue weighted by Gasteiger charge is 2.21. The molecule has 1 fully saturated rings. The Kier molecular flexibility index (Phi) is 4.35. The van der Waals surface area contributed by atoms with Crippen LogP contribution in [0.3, 0.4) is 0 Å². The number of benzene rings is 1. The summed E-state index contributed by atoms with van der Waals surface area (Å²) in [6, 6.07) is 9.17. The van der Waals surface area contributed by atoms with Crippen LogP contribution in [0.15, 0.2) is 30.8 Å². The number of aryl methyl sites for hydroxylation is 1. The number of halogens is 1. The zero-order valence-electron chi connectivity index (χ0n) is 9.39. The summed E-state index contributed by atoms with van der Waals surface area (Å²) in [7, 11) is 0.500. The molecule has 1 saturated carbocycles. The van der Waals surface area contributed by atoms with Crippen LogP contribution < -0.4 is 5.32 Å². The first-order valence-electron chi connectivity index (χ1n) is 5.16. The van der Waals surface area contributed by atoms with Crippen molar-refractivity contribution in [2.75, 3.05) is 7.18 Å². The predicted octanol–water partition coefficient (Wildman–Crippen LogP) is 3.30. The molecule has 1 aliphatic carbocycles. The third-order valence-corrected chi connectivity index (χ3v) is 2.36. The Morgan fingerprint density at radius 1 is 1.27 bits per heavy atom. The first kappa shape index (κ1) is 11.8. The van der Waals surface area contributed by atoms with Crippen molar-refractivity contribution in [1.29, 1.82) is 0 Å². The summed E-state index contributed by atoms with van der Waals surface area (Å²) in [6.45, 7) is 6.12. The molecule has 1 aromatic carbocycles. The molecule has 2 rings (SSSR count). The molecule has 1 N–H and O–H groups in total. The molecule has 0 atom stereocenters. The maximum atomic E-state index is 9.50. The largest absolute Gasteiger partial charge is 0.382 e. The number of hydrogen-bond acceptors (Lipinski definition) is 1. The molecule has 0 amide bonds. The minimum Gasteiger partial charge on any atom is -0.382 e. The number of rotatable bonds is 3. The number of hydrogen-bond donors (Lipinski definition) is 1. The first-order chi connectivity index (χ1) is 7.25. The Labute approximate surface area is 91.0 Å².